The van der Waals surface area contributed by atoms with Gasteiger partial charge in [0.2, 0.25) is 0 Å². The largest absolute Gasteiger partial charge is 0.290 e. The molecule has 1 fully saturated rings. The molecule has 1 aliphatic heterocycles. The number of hydrogen-bond donors (Lipinski definition) is 0. The van der Waals surface area contributed by atoms with E-state index in [-0.39, 0.29) is 19.4 Å². The van der Waals surface area contributed by atoms with Gasteiger partial charge in [0.1, 0.15) is 0 Å². The smallest absolute Gasteiger partial charge is 0.250 e. The van der Waals surface area contributed by atoms with E-state index in [2.05, 4.69) is 0 Å². The molecule has 0 bridgehead atoms. The standard InChI is InChI=1S/C7H10F2N2/c8-7(9)1-4-11(5-2-7)6-3-10/h1-2,4-6H2. The zero-order chi connectivity index (χ0) is 8.32. The predicted molar refractivity (Wildman–Crippen MR) is 36.2 cm³/mol. The number of nitriles is 1. The Morgan fingerprint density at radius 1 is 1.36 bits per heavy atom. The number of hydrogen-bond acceptors (Lipinski definition) is 2. The lowest BCUT2D eigenvalue weighted by molar-refractivity contribution is -0.0527. The van der Waals surface area contributed by atoms with Crippen molar-refractivity contribution in [1.82, 2.24) is 4.90 Å². The van der Waals surface area contributed by atoms with Crippen LogP contribution < -0.4 is 0 Å². The highest BCUT2D eigenvalue weighted by Gasteiger charge is 2.33. The van der Waals surface area contributed by atoms with E-state index in [1.807, 2.05) is 6.07 Å². The Morgan fingerprint density at radius 3 is 2.36 bits per heavy atom. The summed E-state index contributed by atoms with van der Waals surface area (Å²) in [6.45, 7) is 0.969. The molecule has 4 heteroatoms. The molecule has 0 spiro atoms. The highest BCUT2D eigenvalue weighted by Crippen LogP contribution is 2.27. The Labute approximate surface area is 64.4 Å². The molecule has 1 heterocycles. The number of likely N-dealkylation sites (tertiary alicyclic amines) is 1. The van der Waals surface area contributed by atoms with Crippen LogP contribution in [0.2, 0.25) is 0 Å². The first kappa shape index (κ1) is 8.41. The van der Waals surface area contributed by atoms with Gasteiger partial charge in [0, 0.05) is 25.9 Å². The molecule has 0 radical (unpaired) electrons. The lowest BCUT2D eigenvalue weighted by atomic mass is 10.1. The van der Waals surface area contributed by atoms with E-state index in [4.69, 9.17) is 5.26 Å². The van der Waals surface area contributed by atoms with E-state index in [0.29, 0.717) is 13.1 Å². The molecule has 1 saturated heterocycles. The third kappa shape index (κ3) is 2.43. The highest BCUT2D eigenvalue weighted by molar-refractivity contribution is 4.83. The summed E-state index contributed by atoms with van der Waals surface area (Å²) >= 11 is 0. The molecule has 0 N–H and O–H groups in total. The Hall–Kier alpha value is -0.690. The first-order chi connectivity index (χ1) is 5.14. The Bertz CT molecular complexity index is 164. The predicted octanol–water partition coefficient (Wildman–Crippen LogP) is 1.24. The van der Waals surface area contributed by atoms with E-state index in [1.54, 1.807) is 4.90 Å². The number of piperidine rings is 1. The van der Waals surface area contributed by atoms with Gasteiger partial charge in [-0.15, -0.1) is 0 Å². The summed E-state index contributed by atoms with van der Waals surface area (Å²) in [6, 6.07) is 1.95. The van der Waals surface area contributed by atoms with Gasteiger partial charge in [-0.25, -0.2) is 8.78 Å². The number of halogens is 2. The van der Waals surface area contributed by atoms with Crippen LogP contribution in [0.3, 0.4) is 0 Å². The fourth-order valence-electron chi connectivity index (χ4n) is 1.14. The van der Waals surface area contributed by atoms with Crippen LogP contribution in [-0.2, 0) is 0 Å². The highest BCUT2D eigenvalue weighted by atomic mass is 19.3. The first-order valence-corrected chi connectivity index (χ1v) is 3.61. The molecular weight excluding hydrogens is 150 g/mol. The Balaban J connectivity index is 2.32. The fourth-order valence-corrected chi connectivity index (χ4v) is 1.14. The molecule has 1 aliphatic rings. The van der Waals surface area contributed by atoms with Crippen LogP contribution in [0.15, 0.2) is 0 Å². The summed E-state index contributed by atoms with van der Waals surface area (Å²) in [4.78, 5) is 1.75. The lowest BCUT2D eigenvalue weighted by Gasteiger charge is -2.29. The van der Waals surface area contributed by atoms with Gasteiger partial charge in [-0.1, -0.05) is 0 Å². The van der Waals surface area contributed by atoms with Crippen LogP contribution in [0.4, 0.5) is 8.78 Å². The fraction of sp³-hybridized carbons (Fsp3) is 0.857. The van der Waals surface area contributed by atoms with Crippen LogP contribution in [0, 0.1) is 11.3 Å². The van der Waals surface area contributed by atoms with Crippen molar-refractivity contribution in [2.24, 2.45) is 0 Å². The quantitative estimate of drug-likeness (QED) is 0.539. The molecule has 1 rings (SSSR count). The summed E-state index contributed by atoms with van der Waals surface area (Å²) in [5.41, 5.74) is 0. The second kappa shape index (κ2) is 3.14. The minimum absolute atomic E-state index is 0.103. The van der Waals surface area contributed by atoms with Gasteiger partial charge in [-0.3, -0.25) is 4.90 Å². The monoisotopic (exact) mass is 160 g/mol. The molecule has 62 valence electrons. The van der Waals surface area contributed by atoms with Crippen LogP contribution in [0.5, 0.6) is 0 Å². The van der Waals surface area contributed by atoms with Gasteiger partial charge in [0.15, 0.2) is 0 Å². The molecule has 0 atom stereocenters. The zero-order valence-corrected chi connectivity index (χ0v) is 6.19. The molecular formula is C7H10F2N2. The molecule has 0 aliphatic carbocycles. The van der Waals surface area contributed by atoms with Gasteiger partial charge in [0.25, 0.3) is 5.92 Å². The van der Waals surface area contributed by atoms with Gasteiger partial charge in [0.05, 0.1) is 12.6 Å². The summed E-state index contributed by atoms with van der Waals surface area (Å²) in [7, 11) is 0. The molecule has 0 aromatic heterocycles. The molecule has 0 unspecified atom stereocenters. The van der Waals surface area contributed by atoms with Crippen molar-refractivity contribution in [3.05, 3.63) is 0 Å². The molecule has 0 aromatic rings. The van der Waals surface area contributed by atoms with Crippen LogP contribution >= 0.6 is 0 Å². The minimum Gasteiger partial charge on any atom is -0.290 e. The average Bonchev–Trinajstić information content (AvgIpc) is 1.94. The first-order valence-electron chi connectivity index (χ1n) is 3.61. The van der Waals surface area contributed by atoms with Gasteiger partial charge < -0.3 is 0 Å². The van der Waals surface area contributed by atoms with Crippen molar-refractivity contribution >= 4 is 0 Å². The zero-order valence-electron chi connectivity index (χ0n) is 6.19. The van der Waals surface area contributed by atoms with Crippen molar-refractivity contribution in [3.8, 4) is 6.07 Å². The van der Waals surface area contributed by atoms with Gasteiger partial charge >= 0.3 is 0 Å². The summed E-state index contributed by atoms with van der Waals surface area (Å²) < 4.78 is 25.0. The third-order valence-electron chi connectivity index (χ3n) is 1.88. The van der Waals surface area contributed by atoms with E-state index in [1.165, 1.54) is 0 Å². The van der Waals surface area contributed by atoms with E-state index >= 15 is 0 Å². The SMILES string of the molecule is N#CCN1CCC(F)(F)CC1. The molecule has 0 saturated carbocycles. The average molecular weight is 160 g/mol. The summed E-state index contributed by atoms with van der Waals surface area (Å²) in [5.74, 6) is -2.49. The molecule has 0 amide bonds. The van der Waals surface area contributed by atoms with Crippen molar-refractivity contribution in [2.75, 3.05) is 19.6 Å². The second-order valence-electron chi connectivity index (χ2n) is 2.79. The van der Waals surface area contributed by atoms with Crippen LogP contribution in [0.25, 0.3) is 0 Å². The normalized spacial score (nSPS) is 24.5. The van der Waals surface area contributed by atoms with Crippen molar-refractivity contribution < 1.29 is 8.78 Å². The molecule has 11 heavy (non-hydrogen) atoms. The number of rotatable bonds is 1. The van der Waals surface area contributed by atoms with Gasteiger partial charge in [-0.05, 0) is 0 Å². The van der Waals surface area contributed by atoms with Gasteiger partial charge in [-0.2, -0.15) is 5.26 Å². The maximum atomic E-state index is 12.5. The minimum atomic E-state index is -2.49. The number of nitrogens with zero attached hydrogens (tertiary/aromatic N) is 2. The molecule has 0 aromatic carbocycles. The van der Waals surface area contributed by atoms with Crippen molar-refractivity contribution in [3.63, 3.8) is 0 Å². The third-order valence-corrected chi connectivity index (χ3v) is 1.88. The van der Waals surface area contributed by atoms with Crippen molar-refractivity contribution in [2.45, 2.75) is 18.8 Å². The molecule has 2 nitrogen and oxygen atoms in total. The maximum Gasteiger partial charge on any atom is 0.250 e. The van der Waals surface area contributed by atoms with Crippen LogP contribution in [-0.4, -0.2) is 30.5 Å². The topological polar surface area (TPSA) is 27.0 Å². The second-order valence-corrected chi connectivity index (χ2v) is 2.79. The number of alkyl halides is 2. The van der Waals surface area contributed by atoms with E-state index in [0.717, 1.165) is 0 Å². The Morgan fingerprint density at radius 2 is 1.91 bits per heavy atom. The summed E-state index contributed by atoms with van der Waals surface area (Å²) in [5, 5.41) is 8.27. The van der Waals surface area contributed by atoms with E-state index in [9.17, 15) is 8.78 Å². The van der Waals surface area contributed by atoms with E-state index < -0.39 is 5.92 Å². The van der Waals surface area contributed by atoms with Crippen LogP contribution in [0.1, 0.15) is 12.8 Å². The van der Waals surface area contributed by atoms with Crippen molar-refractivity contribution in [1.29, 1.82) is 5.26 Å². The Kier molecular flexibility index (Phi) is 2.40. The summed E-state index contributed by atoms with van der Waals surface area (Å²) in [6.07, 6.45) is -0.205. The lowest BCUT2D eigenvalue weighted by Crippen LogP contribution is -2.39. The maximum absolute atomic E-state index is 12.5.